The van der Waals surface area contributed by atoms with Gasteiger partial charge in [0.2, 0.25) is 0 Å². The number of methoxy groups -OCH3 is 2. The molecular formula is C16H19N3O4S. The number of rotatable bonds is 6. The molecule has 1 aromatic heterocycles. The molecule has 1 heterocycles. The molecule has 0 saturated heterocycles. The van der Waals surface area contributed by atoms with Crippen LogP contribution in [0.25, 0.3) is 0 Å². The van der Waals surface area contributed by atoms with Gasteiger partial charge in [-0.1, -0.05) is 0 Å². The fraction of sp³-hybridized carbons (Fsp3) is 0.250. The van der Waals surface area contributed by atoms with Gasteiger partial charge in [-0.25, -0.2) is 5.01 Å². The number of nitrogens with zero attached hydrogens (tertiary/aromatic N) is 1. The Morgan fingerprint density at radius 2 is 1.79 bits per heavy atom. The van der Waals surface area contributed by atoms with E-state index in [1.165, 1.54) is 30.6 Å². The average Bonchev–Trinajstić information content (AvgIpc) is 3.01. The number of carbonyl (C=O) groups excluding carboxylic acids is 2. The number of ether oxygens (including phenoxy) is 2. The highest BCUT2D eigenvalue weighted by Gasteiger charge is 2.18. The van der Waals surface area contributed by atoms with Gasteiger partial charge >= 0.3 is 0 Å². The number of nitrogens with one attached hydrogen (secondary N) is 2. The van der Waals surface area contributed by atoms with Crippen molar-refractivity contribution in [2.45, 2.75) is 0 Å². The SMILES string of the molecule is COc1ccc(C(=O)Nc2sccc2C(=O)NN(C)C)c(OC)c1. The highest BCUT2D eigenvalue weighted by atomic mass is 32.1. The van der Waals surface area contributed by atoms with Crippen molar-refractivity contribution in [3.05, 3.63) is 40.8 Å². The molecule has 0 saturated carbocycles. The molecule has 0 bridgehead atoms. The first kappa shape index (κ1) is 17.8. The second-order valence-corrected chi connectivity index (χ2v) is 5.94. The van der Waals surface area contributed by atoms with Crippen LogP contribution in [0.5, 0.6) is 11.5 Å². The van der Waals surface area contributed by atoms with Crippen LogP contribution in [0.1, 0.15) is 20.7 Å². The van der Waals surface area contributed by atoms with E-state index in [1.807, 2.05) is 0 Å². The van der Waals surface area contributed by atoms with Crippen molar-refractivity contribution >= 4 is 28.2 Å². The smallest absolute Gasteiger partial charge is 0.268 e. The molecule has 2 rings (SSSR count). The summed E-state index contributed by atoms with van der Waals surface area (Å²) in [5.74, 6) is 0.322. The van der Waals surface area contributed by atoms with Crippen molar-refractivity contribution in [3.63, 3.8) is 0 Å². The van der Waals surface area contributed by atoms with Gasteiger partial charge in [0, 0.05) is 20.2 Å². The van der Waals surface area contributed by atoms with Gasteiger partial charge in [0.05, 0.1) is 25.3 Å². The summed E-state index contributed by atoms with van der Waals surface area (Å²) in [7, 11) is 6.44. The van der Waals surface area contributed by atoms with Crippen LogP contribution in [0.15, 0.2) is 29.6 Å². The van der Waals surface area contributed by atoms with Gasteiger partial charge in [-0.15, -0.1) is 11.3 Å². The number of thiophene rings is 1. The molecule has 0 spiro atoms. The third-order valence-corrected chi connectivity index (χ3v) is 3.95. The molecule has 1 aromatic carbocycles. The van der Waals surface area contributed by atoms with Crippen LogP contribution in [0.4, 0.5) is 5.00 Å². The Labute approximate surface area is 144 Å². The number of benzene rings is 1. The maximum atomic E-state index is 12.5. The molecule has 24 heavy (non-hydrogen) atoms. The summed E-state index contributed by atoms with van der Waals surface area (Å²) < 4.78 is 10.4. The van der Waals surface area contributed by atoms with Crippen LogP contribution < -0.4 is 20.2 Å². The average molecular weight is 349 g/mol. The molecule has 128 valence electrons. The van der Waals surface area contributed by atoms with Crippen LogP contribution in [0.2, 0.25) is 0 Å². The number of amides is 2. The van der Waals surface area contributed by atoms with Crippen LogP contribution in [-0.4, -0.2) is 45.1 Å². The number of hydrogen-bond donors (Lipinski definition) is 2. The van der Waals surface area contributed by atoms with Crippen molar-refractivity contribution in [1.82, 2.24) is 10.4 Å². The standard InChI is InChI=1S/C16H19N3O4S/c1-19(2)18-15(21)12-7-8-24-16(12)17-14(20)11-6-5-10(22-3)9-13(11)23-4/h5-9H,1-4H3,(H,17,20)(H,18,21). The minimum Gasteiger partial charge on any atom is -0.497 e. The van der Waals surface area contributed by atoms with E-state index in [9.17, 15) is 9.59 Å². The first-order chi connectivity index (χ1) is 11.5. The maximum absolute atomic E-state index is 12.5. The van der Waals surface area contributed by atoms with Crippen molar-refractivity contribution in [1.29, 1.82) is 0 Å². The van der Waals surface area contributed by atoms with Crippen LogP contribution in [0, 0.1) is 0 Å². The summed E-state index contributed by atoms with van der Waals surface area (Å²) in [4.78, 5) is 24.6. The predicted octanol–water partition coefficient (Wildman–Crippen LogP) is 2.22. The highest BCUT2D eigenvalue weighted by Crippen LogP contribution is 2.28. The molecule has 2 amide bonds. The van der Waals surface area contributed by atoms with E-state index < -0.39 is 0 Å². The molecule has 2 aromatic rings. The van der Waals surface area contributed by atoms with Crippen LogP contribution in [0.3, 0.4) is 0 Å². The van der Waals surface area contributed by atoms with E-state index in [0.717, 1.165) is 0 Å². The molecule has 7 nitrogen and oxygen atoms in total. The van der Waals surface area contributed by atoms with Crippen molar-refractivity contribution < 1.29 is 19.1 Å². The zero-order valence-electron chi connectivity index (χ0n) is 13.9. The zero-order chi connectivity index (χ0) is 17.7. The van der Waals surface area contributed by atoms with E-state index in [1.54, 1.807) is 43.7 Å². The van der Waals surface area contributed by atoms with Gasteiger partial charge in [0.15, 0.2) is 0 Å². The monoisotopic (exact) mass is 349 g/mol. The molecule has 0 radical (unpaired) electrons. The van der Waals surface area contributed by atoms with Gasteiger partial charge < -0.3 is 14.8 Å². The normalized spacial score (nSPS) is 10.4. The van der Waals surface area contributed by atoms with Crippen LogP contribution in [-0.2, 0) is 0 Å². The quantitative estimate of drug-likeness (QED) is 0.782. The Hall–Kier alpha value is -2.58. The van der Waals surface area contributed by atoms with Gasteiger partial charge in [0.1, 0.15) is 16.5 Å². The third kappa shape index (κ3) is 4.03. The van der Waals surface area contributed by atoms with E-state index in [2.05, 4.69) is 10.7 Å². The predicted molar refractivity (Wildman–Crippen MR) is 93.0 cm³/mol. The van der Waals surface area contributed by atoms with E-state index >= 15 is 0 Å². The third-order valence-electron chi connectivity index (χ3n) is 3.12. The lowest BCUT2D eigenvalue weighted by Gasteiger charge is -2.13. The zero-order valence-corrected chi connectivity index (χ0v) is 14.7. The van der Waals surface area contributed by atoms with Gasteiger partial charge in [0.25, 0.3) is 11.8 Å². The minimum absolute atomic E-state index is 0.293. The molecule has 0 unspecified atom stereocenters. The summed E-state index contributed by atoms with van der Waals surface area (Å²) in [6, 6.07) is 6.57. The lowest BCUT2D eigenvalue weighted by molar-refractivity contribution is 0.0858. The van der Waals surface area contributed by atoms with Gasteiger partial charge in [-0.3, -0.25) is 15.0 Å². The molecule has 0 fully saturated rings. The summed E-state index contributed by atoms with van der Waals surface area (Å²) in [6.07, 6.45) is 0. The fourth-order valence-corrected chi connectivity index (χ4v) is 2.78. The molecule has 8 heteroatoms. The Morgan fingerprint density at radius 1 is 1.04 bits per heavy atom. The maximum Gasteiger partial charge on any atom is 0.268 e. The Balaban J connectivity index is 2.22. The highest BCUT2D eigenvalue weighted by molar-refractivity contribution is 7.14. The summed E-state index contributed by atoms with van der Waals surface area (Å²) in [5, 5.41) is 6.50. The van der Waals surface area contributed by atoms with Crippen molar-refractivity contribution in [2.24, 2.45) is 0 Å². The van der Waals surface area contributed by atoms with E-state index in [4.69, 9.17) is 9.47 Å². The lowest BCUT2D eigenvalue weighted by Crippen LogP contribution is -2.36. The number of hydrazine groups is 1. The van der Waals surface area contributed by atoms with E-state index in [-0.39, 0.29) is 11.8 Å². The van der Waals surface area contributed by atoms with Crippen molar-refractivity contribution in [3.8, 4) is 11.5 Å². The largest absolute Gasteiger partial charge is 0.497 e. The lowest BCUT2D eigenvalue weighted by atomic mass is 10.1. The fourth-order valence-electron chi connectivity index (χ4n) is 2.00. The summed E-state index contributed by atoms with van der Waals surface area (Å²) in [5.41, 5.74) is 3.39. The van der Waals surface area contributed by atoms with E-state index in [0.29, 0.717) is 27.6 Å². The Morgan fingerprint density at radius 3 is 2.42 bits per heavy atom. The molecule has 2 N–H and O–H groups in total. The molecule has 0 aliphatic heterocycles. The second kappa shape index (κ2) is 7.80. The summed E-state index contributed by atoms with van der Waals surface area (Å²) >= 11 is 1.27. The number of hydrogen-bond acceptors (Lipinski definition) is 6. The first-order valence-corrected chi connectivity index (χ1v) is 7.93. The second-order valence-electron chi connectivity index (χ2n) is 5.02. The summed E-state index contributed by atoms with van der Waals surface area (Å²) in [6.45, 7) is 0. The van der Waals surface area contributed by atoms with Crippen molar-refractivity contribution in [2.75, 3.05) is 33.6 Å². The molecule has 0 aliphatic rings. The minimum atomic E-state index is -0.365. The van der Waals surface area contributed by atoms with Gasteiger partial charge in [-0.05, 0) is 23.6 Å². The Bertz CT molecular complexity index is 743. The topological polar surface area (TPSA) is 79.9 Å². The van der Waals surface area contributed by atoms with Gasteiger partial charge in [-0.2, -0.15) is 0 Å². The first-order valence-electron chi connectivity index (χ1n) is 7.05. The number of anilines is 1. The number of carbonyl (C=O) groups is 2. The van der Waals surface area contributed by atoms with Crippen LogP contribution >= 0.6 is 11.3 Å². The molecule has 0 aliphatic carbocycles. The molecule has 0 atom stereocenters. The Kier molecular flexibility index (Phi) is 5.78. The molecular weight excluding hydrogens is 330 g/mol.